The Morgan fingerprint density at radius 2 is 2.17 bits per heavy atom. The van der Waals surface area contributed by atoms with E-state index in [1.54, 1.807) is 6.92 Å². The van der Waals surface area contributed by atoms with Gasteiger partial charge in [0.1, 0.15) is 5.56 Å². The highest BCUT2D eigenvalue weighted by Gasteiger charge is 2.21. The van der Waals surface area contributed by atoms with Crippen molar-refractivity contribution < 1.29 is 23.0 Å². The van der Waals surface area contributed by atoms with Gasteiger partial charge in [0.15, 0.2) is 5.75 Å². The maximum Gasteiger partial charge on any atom is 0.387 e. The van der Waals surface area contributed by atoms with Crippen LogP contribution in [0.2, 0.25) is 5.02 Å². The highest BCUT2D eigenvalue weighted by molar-refractivity contribution is 9.08. The fourth-order valence-electron chi connectivity index (χ4n) is 1.30. The van der Waals surface area contributed by atoms with Crippen LogP contribution in [0.15, 0.2) is 12.1 Å². The van der Waals surface area contributed by atoms with Crippen molar-refractivity contribution in [1.82, 2.24) is 0 Å². The summed E-state index contributed by atoms with van der Waals surface area (Å²) < 4.78 is 33.6. The van der Waals surface area contributed by atoms with Crippen LogP contribution in [0.3, 0.4) is 0 Å². The Balaban J connectivity index is 3.24. The van der Waals surface area contributed by atoms with E-state index in [2.05, 4.69) is 20.7 Å². The first-order chi connectivity index (χ1) is 8.49. The molecule has 0 aromatic heterocycles. The average Bonchev–Trinajstić information content (AvgIpc) is 2.31. The number of halogens is 4. The van der Waals surface area contributed by atoms with Gasteiger partial charge in [-0.05, 0) is 24.6 Å². The van der Waals surface area contributed by atoms with E-state index in [4.69, 9.17) is 16.3 Å². The minimum atomic E-state index is -3.06. The number of hydrogen-bond acceptors (Lipinski definition) is 3. The van der Waals surface area contributed by atoms with Gasteiger partial charge in [-0.1, -0.05) is 27.5 Å². The van der Waals surface area contributed by atoms with Crippen molar-refractivity contribution in [2.45, 2.75) is 18.9 Å². The summed E-state index contributed by atoms with van der Waals surface area (Å²) >= 11 is 9.00. The molecule has 1 rings (SSSR count). The monoisotopic (exact) mass is 342 g/mol. The zero-order valence-corrected chi connectivity index (χ0v) is 11.7. The summed E-state index contributed by atoms with van der Waals surface area (Å²) in [6, 6.07) is 2.84. The quantitative estimate of drug-likeness (QED) is 0.598. The minimum absolute atomic E-state index is 0.0599. The number of rotatable bonds is 5. The lowest BCUT2D eigenvalue weighted by Crippen LogP contribution is -2.11. The van der Waals surface area contributed by atoms with Gasteiger partial charge in [0, 0.05) is 5.33 Å². The van der Waals surface area contributed by atoms with Crippen LogP contribution in [0, 0.1) is 0 Å². The highest BCUT2D eigenvalue weighted by atomic mass is 79.9. The number of hydrogen-bond donors (Lipinski definition) is 0. The molecular weight excluding hydrogens is 333 g/mol. The van der Waals surface area contributed by atoms with Crippen molar-refractivity contribution in [2.75, 3.05) is 6.61 Å². The van der Waals surface area contributed by atoms with Gasteiger partial charge in [0.25, 0.3) is 0 Å². The molecule has 100 valence electrons. The fraction of sp³-hybridized carbons (Fsp3) is 0.364. The summed E-state index contributed by atoms with van der Waals surface area (Å²) in [5.41, 5.74) is 0.545. The Labute approximate surface area is 116 Å². The van der Waals surface area contributed by atoms with Crippen molar-refractivity contribution in [3.63, 3.8) is 0 Å². The molecule has 18 heavy (non-hydrogen) atoms. The minimum Gasteiger partial charge on any atom is -0.462 e. The number of ether oxygens (including phenoxy) is 2. The second-order valence-corrected chi connectivity index (χ2v) is 4.15. The molecule has 7 heteroatoms. The topological polar surface area (TPSA) is 35.5 Å². The van der Waals surface area contributed by atoms with E-state index in [0.717, 1.165) is 0 Å². The smallest absolute Gasteiger partial charge is 0.387 e. The molecule has 0 unspecified atom stereocenters. The van der Waals surface area contributed by atoms with Gasteiger partial charge in [-0.3, -0.25) is 0 Å². The standard InChI is InChI=1S/C11H10BrClF2O3/c1-2-17-10(16)7-3-6(5-12)4-8(13)9(7)18-11(14)15/h3-4,11H,2,5H2,1H3. The van der Waals surface area contributed by atoms with Gasteiger partial charge in [0.2, 0.25) is 0 Å². The summed E-state index contributed by atoms with van der Waals surface area (Å²) in [7, 11) is 0. The normalized spacial score (nSPS) is 10.6. The van der Waals surface area contributed by atoms with Crippen molar-refractivity contribution in [3.05, 3.63) is 28.3 Å². The lowest BCUT2D eigenvalue weighted by atomic mass is 10.1. The molecule has 0 aliphatic rings. The first-order valence-corrected chi connectivity index (χ1v) is 6.49. The molecule has 0 radical (unpaired) electrons. The lowest BCUT2D eigenvalue weighted by molar-refractivity contribution is -0.0504. The molecular formula is C11H10BrClF2O3. The van der Waals surface area contributed by atoms with Crippen LogP contribution in [0.4, 0.5) is 8.78 Å². The number of carbonyl (C=O) groups is 1. The molecule has 0 aliphatic heterocycles. The molecule has 0 spiro atoms. The van der Waals surface area contributed by atoms with Gasteiger partial charge >= 0.3 is 12.6 Å². The second-order valence-electron chi connectivity index (χ2n) is 3.19. The molecule has 0 atom stereocenters. The Kier molecular flexibility index (Phi) is 5.81. The van der Waals surface area contributed by atoms with E-state index in [1.807, 2.05) is 0 Å². The van der Waals surface area contributed by atoms with E-state index in [-0.39, 0.29) is 22.9 Å². The summed E-state index contributed by atoms with van der Waals surface area (Å²) in [6.07, 6.45) is 0. The molecule has 0 fully saturated rings. The predicted octanol–water partition coefficient (Wildman–Crippen LogP) is 4.01. The van der Waals surface area contributed by atoms with Crippen LogP contribution in [0.5, 0.6) is 5.75 Å². The molecule has 1 aromatic rings. The van der Waals surface area contributed by atoms with Crippen molar-refractivity contribution in [1.29, 1.82) is 0 Å². The maximum absolute atomic E-state index is 12.3. The molecule has 0 N–H and O–H groups in total. The van der Waals surface area contributed by atoms with Gasteiger partial charge < -0.3 is 9.47 Å². The SMILES string of the molecule is CCOC(=O)c1cc(CBr)cc(Cl)c1OC(F)F. The van der Waals surface area contributed by atoms with Crippen molar-refractivity contribution in [2.24, 2.45) is 0 Å². The third-order valence-electron chi connectivity index (χ3n) is 1.96. The maximum atomic E-state index is 12.3. The van der Waals surface area contributed by atoms with E-state index in [1.165, 1.54) is 12.1 Å². The Morgan fingerprint density at radius 3 is 2.67 bits per heavy atom. The number of esters is 1. The average molecular weight is 344 g/mol. The number of benzene rings is 1. The first kappa shape index (κ1) is 15.2. The summed E-state index contributed by atoms with van der Waals surface area (Å²) in [5.74, 6) is -1.12. The third kappa shape index (κ3) is 3.81. The van der Waals surface area contributed by atoms with E-state index >= 15 is 0 Å². The second kappa shape index (κ2) is 6.89. The summed E-state index contributed by atoms with van der Waals surface area (Å²) in [6.45, 7) is -1.32. The Hall–Kier alpha value is -0.880. The molecule has 0 heterocycles. The summed E-state index contributed by atoms with van der Waals surface area (Å²) in [4.78, 5) is 11.6. The number of carbonyl (C=O) groups excluding carboxylic acids is 1. The van der Waals surface area contributed by atoms with Crippen LogP contribution < -0.4 is 4.74 Å². The Morgan fingerprint density at radius 1 is 1.50 bits per heavy atom. The van der Waals surface area contributed by atoms with Crippen LogP contribution in [0.1, 0.15) is 22.8 Å². The first-order valence-electron chi connectivity index (χ1n) is 4.99. The van der Waals surface area contributed by atoms with Gasteiger partial charge in [-0.15, -0.1) is 0 Å². The van der Waals surface area contributed by atoms with Crippen LogP contribution in [-0.2, 0) is 10.1 Å². The third-order valence-corrected chi connectivity index (χ3v) is 2.89. The predicted molar refractivity (Wildman–Crippen MR) is 66.7 cm³/mol. The fourth-order valence-corrected chi connectivity index (χ4v) is 1.91. The zero-order chi connectivity index (χ0) is 13.7. The van der Waals surface area contributed by atoms with Crippen molar-refractivity contribution >= 4 is 33.5 Å². The molecule has 0 amide bonds. The zero-order valence-electron chi connectivity index (χ0n) is 9.38. The number of alkyl halides is 3. The van der Waals surface area contributed by atoms with E-state index in [9.17, 15) is 13.6 Å². The van der Waals surface area contributed by atoms with Crippen LogP contribution in [0.25, 0.3) is 0 Å². The van der Waals surface area contributed by atoms with Crippen LogP contribution in [-0.4, -0.2) is 19.2 Å². The molecule has 0 aliphatic carbocycles. The van der Waals surface area contributed by atoms with Gasteiger partial charge in [0.05, 0.1) is 11.6 Å². The molecule has 0 bridgehead atoms. The molecule has 0 saturated carbocycles. The molecule has 1 aromatic carbocycles. The van der Waals surface area contributed by atoms with Crippen molar-refractivity contribution in [3.8, 4) is 5.75 Å². The van der Waals surface area contributed by atoms with E-state index < -0.39 is 12.6 Å². The molecule has 3 nitrogen and oxygen atoms in total. The van der Waals surface area contributed by atoms with Crippen LogP contribution >= 0.6 is 27.5 Å². The Bertz CT molecular complexity index is 441. The lowest BCUT2D eigenvalue weighted by Gasteiger charge is -2.13. The molecule has 0 saturated heterocycles. The van der Waals surface area contributed by atoms with E-state index in [0.29, 0.717) is 10.9 Å². The largest absolute Gasteiger partial charge is 0.462 e. The van der Waals surface area contributed by atoms with Gasteiger partial charge in [-0.25, -0.2) is 4.79 Å². The summed E-state index contributed by atoms with van der Waals surface area (Å²) in [5, 5.41) is 0.365. The highest BCUT2D eigenvalue weighted by Crippen LogP contribution is 2.33. The van der Waals surface area contributed by atoms with Gasteiger partial charge in [-0.2, -0.15) is 8.78 Å².